The summed E-state index contributed by atoms with van der Waals surface area (Å²) in [6.45, 7) is 1.68. The number of aromatic nitrogens is 2. The minimum Gasteiger partial charge on any atom is -0.493 e. The molecule has 166 valence electrons. The van der Waals surface area contributed by atoms with Crippen LogP contribution in [-0.4, -0.2) is 49.0 Å². The molecule has 0 aliphatic rings. The predicted octanol–water partition coefficient (Wildman–Crippen LogP) is 3.44. The lowest BCUT2D eigenvalue weighted by Gasteiger charge is -2.10. The van der Waals surface area contributed by atoms with Crippen LogP contribution in [0.1, 0.15) is 34.2 Å². The summed E-state index contributed by atoms with van der Waals surface area (Å²) >= 11 is 0. The first kappa shape index (κ1) is 22.5. The van der Waals surface area contributed by atoms with Gasteiger partial charge in [0.05, 0.1) is 27.0 Å². The zero-order valence-electron chi connectivity index (χ0n) is 18.1. The van der Waals surface area contributed by atoms with Gasteiger partial charge in [-0.1, -0.05) is 25.1 Å². The maximum atomic E-state index is 12.7. The van der Waals surface area contributed by atoms with Crippen LogP contribution >= 0.6 is 0 Å². The second-order valence-electron chi connectivity index (χ2n) is 6.50. The van der Waals surface area contributed by atoms with Crippen molar-refractivity contribution in [3.63, 3.8) is 0 Å². The Morgan fingerprint density at radius 3 is 2.19 bits per heavy atom. The van der Waals surface area contributed by atoms with Gasteiger partial charge in [0, 0.05) is 12.0 Å². The number of hydrogen-bond donors (Lipinski definition) is 0. The highest BCUT2D eigenvalue weighted by atomic mass is 16.6. The largest absolute Gasteiger partial charge is 0.493 e. The molecule has 0 unspecified atom stereocenters. The van der Waals surface area contributed by atoms with E-state index in [1.807, 2.05) is 6.07 Å². The predicted molar refractivity (Wildman–Crippen MR) is 114 cm³/mol. The molecular formula is C23H22N2O7. The number of nitrogens with zero attached hydrogens (tertiary/aromatic N) is 2. The number of benzene rings is 2. The van der Waals surface area contributed by atoms with Crippen molar-refractivity contribution in [3.8, 4) is 28.4 Å². The van der Waals surface area contributed by atoms with Crippen molar-refractivity contribution in [2.45, 2.75) is 13.3 Å². The Labute approximate surface area is 184 Å². The molecule has 3 aromatic rings. The zero-order valence-corrected chi connectivity index (χ0v) is 18.1. The lowest BCUT2D eigenvalue weighted by atomic mass is 10.0. The van der Waals surface area contributed by atoms with Crippen molar-refractivity contribution < 1.29 is 33.3 Å². The fourth-order valence-corrected chi connectivity index (χ4v) is 3.05. The molecule has 1 aromatic heterocycles. The number of para-hydroxylation sites is 1. The van der Waals surface area contributed by atoms with Crippen LogP contribution in [0.5, 0.6) is 11.5 Å². The van der Waals surface area contributed by atoms with E-state index in [4.69, 9.17) is 18.9 Å². The minimum absolute atomic E-state index is 0.0661. The van der Waals surface area contributed by atoms with E-state index in [2.05, 4.69) is 5.10 Å². The summed E-state index contributed by atoms with van der Waals surface area (Å²) in [5, 5.41) is 4.52. The molecule has 0 aliphatic carbocycles. The van der Waals surface area contributed by atoms with Gasteiger partial charge in [-0.25, -0.2) is 14.3 Å². The van der Waals surface area contributed by atoms with Crippen molar-refractivity contribution in [1.82, 2.24) is 9.78 Å². The average molecular weight is 438 g/mol. The van der Waals surface area contributed by atoms with Gasteiger partial charge >= 0.3 is 17.9 Å². The molecular weight excluding hydrogens is 416 g/mol. The van der Waals surface area contributed by atoms with E-state index in [9.17, 15) is 14.4 Å². The van der Waals surface area contributed by atoms with E-state index in [1.54, 1.807) is 43.3 Å². The van der Waals surface area contributed by atoms with Crippen LogP contribution in [0.15, 0.2) is 48.5 Å². The Hall–Kier alpha value is -4.14. The van der Waals surface area contributed by atoms with E-state index in [1.165, 1.54) is 32.1 Å². The summed E-state index contributed by atoms with van der Waals surface area (Å²) in [6.07, 6.45) is 0.196. The fourth-order valence-electron chi connectivity index (χ4n) is 3.05. The fraction of sp³-hybridized carbons (Fsp3) is 0.217. The van der Waals surface area contributed by atoms with E-state index in [0.29, 0.717) is 11.3 Å². The number of methoxy groups -OCH3 is 3. The first-order chi connectivity index (χ1) is 15.4. The molecule has 0 atom stereocenters. The lowest BCUT2D eigenvalue weighted by Crippen LogP contribution is -2.15. The molecule has 2 aromatic carbocycles. The molecule has 0 fully saturated rings. The summed E-state index contributed by atoms with van der Waals surface area (Å²) in [4.78, 5) is 37.1. The SMILES string of the molecule is CCC(=O)Oc1ccc(-c2nn(-c3ccccc3)c(C(=O)OC)c2C(=O)OC)cc1OC. The second kappa shape index (κ2) is 9.78. The van der Waals surface area contributed by atoms with Crippen molar-refractivity contribution in [2.24, 2.45) is 0 Å². The zero-order chi connectivity index (χ0) is 23.3. The molecule has 9 nitrogen and oxygen atoms in total. The number of carbonyl (C=O) groups excluding carboxylic acids is 3. The highest BCUT2D eigenvalue weighted by molar-refractivity contribution is 6.07. The summed E-state index contributed by atoms with van der Waals surface area (Å²) < 4.78 is 21.8. The van der Waals surface area contributed by atoms with E-state index in [0.717, 1.165) is 0 Å². The molecule has 0 spiro atoms. The van der Waals surface area contributed by atoms with Crippen LogP contribution in [0.3, 0.4) is 0 Å². The van der Waals surface area contributed by atoms with Crippen molar-refractivity contribution in [1.29, 1.82) is 0 Å². The van der Waals surface area contributed by atoms with Crippen LogP contribution in [0, 0.1) is 0 Å². The summed E-state index contributed by atoms with van der Waals surface area (Å²) in [7, 11) is 3.85. The quantitative estimate of drug-likeness (QED) is 0.408. The van der Waals surface area contributed by atoms with Gasteiger partial charge in [-0.2, -0.15) is 5.10 Å². The summed E-state index contributed by atoms with van der Waals surface area (Å²) in [5.74, 6) is -1.46. The highest BCUT2D eigenvalue weighted by Gasteiger charge is 2.31. The number of esters is 3. The highest BCUT2D eigenvalue weighted by Crippen LogP contribution is 2.35. The average Bonchev–Trinajstić information content (AvgIpc) is 3.24. The van der Waals surface area contributed by atoms with Gasteiger partial charge in [0.15, 0.2) is 17.2 Å². The maximum Gasteiger partial charge on any atom is 0.357 e. The molecule has 32 heavy (non-hydrogen) atoms. The van der Waals surface area contributed by atoms with Crippen LogP contribution in [0.2, 0.25) is 0 Å². The van der Waals surface area contributed by atoms with Gasteiger partial charge in [0.2, 0.25) is 0 Å². The molecule has 0 aliphatic heterocycles. The first-order valence-corrected chi connectivity index (χ1v) is 9.69. The van der Waals surface area contributed by atoms with Crippen LogP contribution in [0.4, 0.5) is 0 Å². The molecule has 9 heteroatoms. The number of ether oxygens (including phenoxy) is 4. The third kappa shape index (κ3) is 4.31. The molecule has 0 saturated carbocycles. The molecule has 1 heterocycles. The third-order valence-electron chi connectivity index (χ3n) is 4.60. The topological polar surface area (TPSA) is 106 Å². The Balaban J connectivity index is 2.26. The molecule has 0 radical (unpaired) electrons. The first-order valence-electron chi connectivity index (χ1n) is 9.69. The van der Waals surface area contributed by atoms with Crippen LogP contribution < -0.4 is 9.47 Å². The molecule has 3 rings (SSSR count). The molecule has 0 saturated heterocycles. The van der Waals surface area contributed by atoms with Gasteiger partial charge in [-0.3, -0.25) is 4.79 Å². The molecule has 0 bridgehead atoms. The smallest absolute Gasteiger partial charge is 0.357 e. The number of carbonyl (C=O) groups is 3. The van der Waals surface area contributed by atoms with Crippen LogP contribution in [-0.2, 0) is 14.3 Å². The van der Waals surface area contributed by atoms with E-state index in [-0.39, 0.29) is 34.9 Å². The molecule has 0 N–H and O–H groups in total. The van der Waals surface area contributed by atoms with Gasteiger partial charge in [0.1, 0.15) is 11.3 Å². The normalized spacial score (nSPS) is 10.4. The number of hydrogen-bond acceptors (Lipinski definition) is 8. The van der Waals surface area contributed by atoms with Crippen LogP contribution in [0.25, 0.3) is 16.9 Å². The Morgan fingerprint density at radius 1 is 0.906 bits per heavy atom. The standard InChI is InChI=1S/C23H22N2O7/c1-5-18(26)32-16-12-11-14(13-17(16)29-2)20-19(22(27)30-3)21(23(28)31-4)25(24-20)15-9-7-6-8-10-15/h6-13H,5H2,1-4H3. The van der Waals surface area contributed by atoms with E-state index >= 15 is 0 Å². The van der Waals surface area contributed by atoms with Crippen molar-refractivity contribution >= 4 is 17.9 Å². The molecule has 0 amide bonds. The monoisotopic (exact) mass is 438 g/mol. The maximum absolute atomic E-state index is 12.7. The third-order valence-corrected chi connectivity index (χ3v) is 4.60. The van der Waals surface area contributed by atoms with Crippen molar-refractivity contribution in [2.75, 3.05) is 21.3 Å². The Kier molecular flexibility index (Phi) is 6.89. The Bertz CT molecular complexity index is 1150. The second-order valence-corrected chi connectivity index (χ2v) is 6.50. The summed E-state index contributed by atoms with van der Waals surface area (Å²) in [6, 6.07) is 13.5. The van der Waals surface area contributed by atoms with Gasteiger partial charge < -0.3 is 18.9 Å². The van der Waals surface area contributed by atoms with Gasteiger partial charge in [-0.15, -0.1) is 0 Å². The van der Waals surface area contributed by atoms with Gasteiger partial charge in [-0.05, 0) is 30.3 Å². The Morgan fingerprint density at radius 2 is 1.59 bits per heavy atom. The van der Waals surface area contributed by atoms with Gasteiger partial charge in [0.25, 0.3) is 0 Å². The minimum atomic E-state index is -0.761. The van der Waals surface area contributed by atoms with Crippen molar-refractivity contribution in [3.05, 3.63) is 59.8 Å². The summed E-state index contributed by atoms with van der Waals surface area (Å²) in [5.41, 5.74) is 1.01. The van der Waals surface area contributed by atoms with E-state index < -0.39 is 17.9 Å². The lowest BCUT2D eigenvalue weighted by molar-refractivity contribution is -0.134. The number of rotatable bonds is 7.